The fraction of sp³-hybridized carbons (Fsp3) is 0.571. The van der Waals surface area contributed by atoms with E-state index in [-0.39, 0.29) is 17.7 Å². The zero-order valence-corrected chi connectivity index (χ0v) is 13.3. The van der Waals surface area contributed by atoms with Gasteiger partial charge in [-0.15, -0.1) is 11.8 Å². The van der Waals surface area contributed by atoms with E-state index in [0.717, 1.165) is 5.56 Å². The van der Waals surface area contributed by atoms with Crippen molar-refractivity contribution in [2.24, 2.45) is 0 Å². The Balaban J connectivity index is 2.37. The van der Waals surface area contributed by atoms with E-state index in [2.05, 4.69) is 4.98 Å². The molecule has 1 aromatic rings. The van der Waals surface area contributed by atoms with E-state index in [1.807, 2.05) is 6.07 Å². The lowest BCUT2D eigenvalue weighted by Crippen LogP contribution is -2.45. The predicted octanol–water partition coefficient (Wildman–Crippen LogP) is 0.761. The van der Waals surface area contributed by atoms with Crippen molar-refractivity contribution >= 4 is 36.8 Å². The first-order valence-corrected chi connectivity index (χ1v) is 7.75. The van der Waals surface area contributed by atoms with Gasteiger partial charge >= 0.3 is 0 Å². The van der Waals surface area contributed by atoms with E-state index in [1.54, 1.807) is 37.6 Å². The molecular formula is C14H19BN2O3S. The van der Waals surface area contributed by atoms with Gasteiger partial charge in [0.15, 0.2) is 0 Å². The second kappa shape index (κ2) is 6.38. The summed E-state index contributed by atoms with van der Waals surface area (Å²) >= 11 is 1.54. The number of hydrogen-bond donors (Lipinski definition) is 1. The Bertz CT molecular complexity index is 533. The van der Waals surface area contributed by atoms with Crippen LogP contribution in [0, 0.1) is 0 Å². The summed E-state index contributed by atoms with van der Waals surface area (Å²) in [7, 11) is 7.45. The van der Waals surface area contributed by atoms with E-state index in [0.29, 0.717) is 23.6 Å². The van der Waals surface area contributed by atoms with Crippen molar-refractivity contribution in [1.29, 1.82) is 0 Å². The number of β-amino-alcohol motifs (C(OH)–C–C–N with tert-alkyl or cyclic N) is 1. The van der Waals surface area contributed by atoms with Crippen LogP contribution in [-0.4, -0.2) is 49.0 Å². The van der Waals surface area contributed by atoms with Crippen LogP contribution in [0.15, 0.2) is 12.3 Å². The van der Waals surface area contributed by atoms with Crippen molar-refractivity contribution in [3.63, 3.8) is 0 Å². The van der Waals surface area contributed by atoms with Crippen LogP contribution in [-0.2, 0) is 9.53 Å². The number of rotatable bonds is 5. The average molecular weight is 306 g/mol. The molecule has 1 aliphatic heterocycles. The van der Waals surface area contributed by atoms with E-state index >= 15 is 0 Å². The van der Waals surface area contributed by atoms with Crippen LogP contribution in [0.5, 0.6) is 0 Å². The lowest BCUT2D eigenvalue weighted by molar-refractivity contribution is -0.119. The number of carbonyl (C=O) groups excluding carboxylic acids is 1. The highest BCUT2D eigenvalue weighted by atomic mass is 32.2. The number of anilines is 1. The molecule has 0 fully saturated rings. The number of ether oxygens (including phenoxy) is 1. The van der Waals surface area contributed by atoms with Crippen molar-refractivity contribution < 1.29 is 14.6 Å². The summed E-state index contributed by atoms with van der Waals surface area (Å²) in [6, 6.07) is 1.85. The third-order valence-corrected chi connectivity index (χ3v) is 4.31. The highest BCUT2D eigenvalue weighted by Gasteiger charge is 2.35. The van der Waals surface area contributed by atoms with E-state index < -0.39 is 5.60 Å². The van der Waals surface area contributed by atoms with E-state index in [4.69, 9.17) is 12.6 Å². The number of aromatic nitrogens is 1. The standard InChI is InChI=1S/C14H19BN2O3S/c1-14(2,19)7-17-12(18)5-11(21-8-20-3)10-4-9(15)6-16-13(10)17/h4,6,11,19H,5,7-8H2,1-3H3. The molecule has 2 heterocycles. The predicted molar refractivity (Wildman–Crippen MR) is 85.1 cm³/mol. The van der Waals surface area contributed by atoms with Crippen molar-refractivity contribution in [2.75, 3.05) is 24.5 Å². The first-order valence-electron chi connectivity index (χ1n) is 6.70. The fourth-order valence-corrected chi connectivity index (χ4v) is 3.21. The number of aliphatic hydroxyl groups is 1. The number of thioether (sulfide) groups is 1. The molecule has 21 heavy (non-hydrogen) atoms. The molecule has 0 saturated carbocycles. The topological polar surface area (TPSA) is 62.7 Å². The lowest BCUT2D eigenvalue weighted by atomic mass is 9.93. The Morgan fingerprint density at radius 1 is 1.62 bits per heavy atom. The Morgan fingerprint density at radius 2 is 2.33 bits per heavy atom. The number of pyridine rings is 1. The molecule has 0 spiro atoms. The molecule has 1 atom stereocenters. The molecule has 112 valence electrons. The van der Waals surface area contributed by atoms with Gasteiger partial charge in [-0.3, -0.25) is 9.69 Å². The van der Waals surface area contributed by atoms with Crippen LogP contribution in [0.2, 0.25) is 0 Å². The minimum absolute atomic E-state index is 0.0264. The first-order chi connectivity index (χ1) is 9.81. The molecule has 1 aliphatic rings. The quantitative estimate of drug-likeness (QED) is 0.643. The van der Waals surface area contributed by atoms with Gasteiger partial charge in [0.05, 0.1) is 18.1 Å². The molecule has 2 radical (unpaired) electrons. The zero-order valence-electron chi connectivity index (χ0n) is 12.5. The zero-order chi connectivity index (χ0) is 15.6. The molecule has 0 aromatic carbocycles. The smallest absolute Gasteiger partial charge is 0.229 e. The number of methoxy groups -OCH3 is 1. The number of hydrogen-bond acceptors (Lipinski definition) is 5. The van der Waals surface area contributed by atoms with Crippen molar-refractivity contribution in [2.45, 2.75) is 31.1 Å². The Labute approximate surface area is 130 Å². The monoisotopic (exact) mass is 306 g/mol. The molecule has 1 unspecified atom stereocenters. The fourth-order valence-electron chi connectivity index (χ4n) is 2.30. The van der Waals surface area contributed by atoms with Crippen molar-refractivity contribution in [3.05, 3.63) is 17.8 Å². The van der Waals surface area contributed by atoms with Crippen LogP contribution >= 0.6 is 11.8 Å². The third kappa shape index (κ3) is 3.99. The summed E-state index contributed by atoms with van der Waals surface area (Å²) in [6.07, 6.45) is 1.88. The van der Waals surface area contributed by atoms with Gasteiger partial charge in [-0.2, -0.15) is 0 Å². The SMILES string of the molecule is [B]c1cnc2c(c1)C(SCOC)CC(=O)N2CC(C)(C)O. The summed E-state index contributed by atoms with van der Waals surface area (Å²) < 4.78 is 5.08. The maximum atomic E-state index is 12.4. The molecular weight excluding hydrogens is 287 g/mol. The Morgan fingerprint density at radius 3 is 2.95 bits per heavy atom. The molecule has 0 bridgehead atoms. The van der Waals surface area contributed by atoms with Crippen molar-refractivity contribution in [3.8, 4) is 0 Å². The number of amides is 1. The number of carbonyl (C=O) groups is 1. The van der Waals surface area contributed by atoms with Gasteiger partial charge in [0.25, 0.3) is 0 Å². The van der Waals surface area contributed by atoms with Gasteiger partial charge in [-0.1, -0.05) is 11.5 Å². The molecule has 0 saturated heterocycles. The molecule has 1 aromatic heterocycles. The van der Waals surface area contributed by atoms with Gasteiger partial charge in [0, 0.05) is 30.5 Å². The number of nitrogens with zero attached hydrogens (tertiary/aromatic N) is 2. The van der Waals surface area contributed by atoms with Crippen LogP contribution in [0.1, 0.15) is 31.1 Å². The minimum Gasteiger partial charge on any atom is -0.389 e. The summed E-state index contributed by atoms with van der Waals surface area (Å²) in [4.78, 5) is 18.2. The summed E-state index contributed by atoms with van der Waals surface area (Å²) in [5, 5.41) is 9.98. The molecule has 0 aliphatic carbocycles. The largest absolute Gasteiger partial charge is 0.389 e. The van der Waals surface area contributed by atoms with Crippen LogP contribution < -0.4 is 10.4 Å². The Hall–Kier alpha value is -1.05. The Kier molecular flexibility index (Phi) is 4.96. The average Bonchev–Trinajstić information content (AvgIpc) is 2.39. The van der Waals surface area contributed by atoms with Gasteiger partial charge in [0.1, 0.15) is 13.7 Å². The maximum absolute atomic E-state index is 12.4. The van der Waals surface area contributed by atoms with Crippen LogP contribution in [0.4, 0.5) is 5.82 Å². The summed E-state index contributed by atoms with van der Waals surface area (Å²) in [5.41, 5.74) is 0.498. The third-order valence-electron chi connectivity index (χ3n) is 3.11. The first kappa shape index (κ1) is 16.3. The molecule has 7 heteroatoms. The molecule has 1 amide bonds. The summed E-state index contributed by atoms with van der Waals surface area (Å²) in [6.45, 7) is 3.55. The van der Waals surface area contributed by atoms with E-state index in [1.165, 1.54) is 6.20 Å². The van der Waals surface area contributed by atoms with Gasteiger partial charge in [-0.25, -0.2) is 4.98 Å². The van der Waals surface area contributed by atoms with E-state index in [9.17, 15) is 9.90 Å². The molecule has 2 rings (SSSR count). The number of fused-ring (bicyclic) bond motifs is 1. The molecule has 1 N–H and O–H groups in total. The second-order valence-corrected chi connectivity index (χ2v) is 6.88. The highest BCUT2D eigenvalue weighted by Crippen LogP contribution is 2.41. The maximum Gasteiger partial charge on any atom is 0.229 e. The van der Waals surface area contributed by atoms with Crippen molar-refractivity contribution in [1.82, 2.24) is 4.98 Å². The second-order valence-electron chi connectivity index (χ2n) is 5.74. The summed E-state index contributed by atoms with van der Waals surface area (Å²) in [5.74, 6) is 1.03. The van der Waals surface area contributed by atoms with Gasteiger partial charge in [-0.05, 0) is 13.8 Å². The highest BCUT2D eigenvalue weighted by molar-refractivity contribution is 7.99. The van der Waals surface area contributed by atoms with Gasteiger partial charge in [0.2, 0.25) is 5.91 Å². The molecule has 5 nitrogen and oxygen atoms in total. The normalized spacial score (nSPS) is 18.8. The van der Waals surface area contributed by atoms with Crippen LogP contribution in [0.25, 0.3) is 0 Å². The lowest BCUT2D eigenvalue weighted by Gasteiger charge is -2.35. The minimum atomic E-state index is -0.984. The van der Waals surface area contributed by atoms with Crippen LogP contribution in [0.3, 0.4) is 0 Å². The van der Waals surface area contributed by atoms with Gasteiger partial charge < -0.3 is 9.84 Å².